The molecule has 1 saturated heterocycles. The van der Waals surface area contributed by atoms with Gasteiger partial charge in [-0.25, -0.2) is 0 Å². The zero-order chi connectivity index (χ0) is 12.4. The summed E-state index contributed by atoms with van der Waals surface area (Å²) in [5.74, 6) is 1.81. The molecule has 2 rings (SSSR count). The summed E-state index contributed by atoms with van der Waals surface area (Å²) in [7, 11) is 2.11. The highest BCUT2D eigenvalue weighted by Gasteiger charge is 2.36. The van der Waals surface area contributed by atoms with Gasteiger partial charge in [-0.3, -0.25) is 4.90 Å². The molecule has 1 saturated carbocycles. The lowest BCUT2D eigenvalue weighted by molar-refractivity contribution is 0.0240. The second-order valence-corrected chi connectivity index (χ2v) is 6.43. The number of rotatable bonds is 2. The van der Waals surface area contributed by atoms with Crippen molar-refractivity contribution in [3.63, 3.8) is 0 Å². The van der Waals surface area contributed by atoms with Crippen molar-refractivity contribution in [2.24, 2.45) is 11.8 Å². The van der Waals surface area contributed by atoms with Crippen molar-refractivity contribution in [2.45, 2.75) is 71.0 Å². The molecule has 2 nitrogen and oxygen atoms in total. The van der Waals surface area contributed by atoms with E-state index in [2.05, 4.69) is 38.0 Å². The van der Waals surface area contributed by atoms with E-state index in [1.807, 2.05) is 0 Å². The lowest BCUT2D eigenvalue weighted by Crippen LogP contribution is -2.54. The second kappa shape index (κ2) is 5.71. The average molecular weight is 238 g/mol. The van der Waals surface area contributed by atoms with Crippen LogP contribution >= 0.6 is 0 Å². The van der Waals surface area contributed by atoms with Gasteiger partial charge in [-0.2, -0.15) is 0 Å². The number of nitrogens with one attached hydrogen (secondary N) is 1. The highest BCUT2D eigenvalue weighted by Crippen LogP contribution is 2.35. The Morgan fingerprint density at radius 1 is 1.06 bits per heavy atom. The van der Waals surface area contributed by atoms with E-state index in [1.54, 1.807) is 0 Å². The Morgan fingerprint density at radius 2 is 1.82 bits per heavy atom. The molecular formula is C15H30N2. The fraction of sp³-hybridized carbons (Fsp3) is 1.00. The molecule has 2 heteroatoms. The molecule has 1 N–H and O–H groups in total. The van der Waals surface area contributed by atoms with E-state index in [0.717, 1.165) is 30.0 Å². The van der Waals surface area contributed by atoms with E-state index in [4.69, 9.17) is 0 Å². The van der Waals surface area contributed by atoms with Gasteiger partial charge in [0.05, 0.1) is 0 Å². The Bertz CT molecular complexity index is 241. The minimum atomic E-state index is 0.748. The molecule has 0 aromatic rings. The van der Waals surface area contributed by atoms with Gasteiger partial charge in [-0.15, -0.1) is 0 Å². The van der Waals surface area contributed by atoms with Crippen molar-refractivity contribution >= 4 is 0 Å². The van der Waals surface area contributed by atoms with Crippen LogP contribution in [0.5, 0.6) is 0 Å². The molecule has 0 radical (unpaired) electrons. The molecule has 5 unspecified atom stereocenters. The first-order valence-corrected chi connectivity index (χ1v) is 7.56. The molecule has 2 fully saturated rings. The maximum atomic E-state index is 3.45. The Balaban J connectivity index is 1.97. The average Bonchev–Trinajstić information content (AvgIpc) is 2.33. The number of hydrogen-bond acceptors (Lipinski definition) is 2. The summed E-state index contributed by atoms with van der Waals surface area (Å²) >= 11 is 0. The Hall–Kier alpha value is -0.0800. The van der Waals surface area contributed by atoms with E-state index < -0.39 is 0 Å². The summed E-state index contributed by atoms with van der Waals surface area (Å²) in [6.45, 7) is 8.65. The SMILES string of the molecule is CNC1CCN(C2CCCC(C)C2C)C(C)C1. The highest BCUT2D eigenvalue weighted by molar-refractivity contribution is 4.91. The second-order valence-electron chi connectivity index (χ2n) is 6.43. The third-order valence-electron chi connectivity index (χ3n) is 5.43. The third-order valence-corrected chi connectivity index (χ3v) is 5.43. The minimum Gasteiger partial charge on any atom is -0.317 e. The van der Waals surface area contributed by atoms with Crippen molar-refractivity contribution in [1.29, 1.82) is 0 Å². The van der Waals surface area contributed by atoms with Crippen LogP contribution < -0.4 is 5.32 Å². The number of piperidine rings is 1. The van der Waals surface area contributed by atoms with Crippen molar-refractivity contribution in [1.82, 2.24) is 10.2 Å². The zero-order valence-electron chi connectivity index (χ0n) is 12.1. The van der Waals surface area contributed by atoms with Gasteiger partial charge in [-0.1, -0.05) is 26.7 Å². The van der Waals surface area contributed by atoms with Gasteiger partial charge in [0.15, 0.2) is 0 Å². The van der Waals surface area contributed by atoms with Crippen LogP contribution in [0.2, 0.25) is 0 Å². The van der Waals surface area contributed by atoms with E-state index >= 15 is 0 Å². The molecular weight excluding hydrogens is 208 g/mol. The van der Waals surface area contributed by atoms with E-state index in [-0.39, 0.29) is 0 Å². The van der Waals surface area contributed by atoms with Gasteiger partial charge in [0, 0.05) is 24.7 Å². The van der Waals surface area contributed by atoms with Crippen LogP contribution in [-0.4, -0.2) is 36.6 Å². The predicted molar refractivity (Wildman–Crippen MR) is 74.2 cm³/mol. The van der Waals surface area contributed by atoms with E-state index in [1.165, 1.54) is 38.6 Å². The fourth-order valence-corrected chi connectivity index (χ4v) is 3.97. The summed E-state index contributed by atoms with van der Waals surface area (Å²) < 4.78 is 0. The van der Waals surface area contributed by atoms with Crippen LogP contribution in [0.4, 0.5) is 0 Å². The lowest BCUT2D eigenvalue weighted by Gasteiger charge is -2.48. The first-order valence-electron chi connectivity index (χ1n) is 7.56. The number of likely N-dealkylation sites (tertiary alicyclic amines) is 1. The number of nitrogens with zero attached hydrogens (tertiary/aromatic N) is 1. The van der Waals surface area contributed by atoms with Gasteiger partial charge >= 0.3 is 0 Å². The molecule has 5 atom stereocenters. The van der Waals surface area contributed by atoms with Crippen molar-refractivity contribution in [2.75, 3.05) is 13.6 Å². The molecule has 100 valence electrons. The molecule has 0 aromatic heterocycles. The first kappa shape index (κ1) is 13.4. The quantitative estimate of drug-likeness (QED) is 0.796. The molecule has 2 aliphatic rings. The van der Waals surface area contributed by atoms with Crippen molar-refractivity contribution in [3.8, 4) is 0 Å². The van der Waals surface area contributed by atoms with E-state index in [0.29, 0.717) is 0 Å². The zero-order valence-corrected chi connectivity index (χ0v) is 12.1. The van der Waals surface area contributed by atoms with Gasteiger partial charge in [0.1, 0.15) is 0 Å². The van der Waals surface area contributed by atoms with Gasteiger partial charge in [-0.05, 0) is 45.1 Å². The first-order chi connectivity index (χ1) is 8.13. The van der Waals surface area contributed by atoms with Crippen LogP contribution in [0, 0.1) is 11.8 Å². The van der Waals surface area contributed by atoms with Gasteiger partial charge in [0.25, 0.3) is 0 Å². The van der Waals surface area contributed by atoms with Crippen LogP contribution in [0.15, 0.2) is 0 Å². The molecule has 1 heterocycles. The highest BCUT2D eigenvalue weighted by atomic mass is 15.2. The third kappa shape index (κ3) is 2.85. The smallest absolute Gasteiger partial charge is 0.0126 e. The Labute approximate surface area is 107 Å². The minimum absolute atomic E-state index is 0.748. The van der Waals surface area contributed by atoms with Gasteiger partial charge < -0.3 is 5.32 Å². The Kier molecular flexibility index (Phi) is 4.48. The largest absolute Gasteiger partial charge is 0.317 e. The topological polar surface area (TPSA) is 15.3 Å². The van der Waals surface area contributed by atoms with Crippen LogP contribution in [-0.2, 0) is 0 Å². The maximum Gasteiger partial charge on any atom is 0.0126 e. The monoisotopic (exact) mass is 238 g/mol. The molecule has 1 aliphatic carbocycles. The van der Waals surface area contributed by atoms with E-state index in [9.17, 15) is 0 Å². The fourth-order valence-electron chi connectivity index (χ4n) is 3.97. The van der Waals surface area contributed by atoms with Crippen LogP contribution in [0.3, 0.4) is 0 Å². The van der Waals surface area contributed by atoms with Crippen LogP contribution in [0.1, 0.15) is 52.9 Å². The summed E-state index contributed by atoms with van der Waals surface area (Å²) in [5, 5.41) is 3.45. The van der Waals surface area contributed by atoms with Crippen molar-refractivity contribution in [3.05, 3.63) is 0 Å². The summed E-state index contributed by atoms with van der Waals surface area (Å²) in [4.78, 5) is 2.81. The van der Waals surface area contributed by atoms with Crippen LogP contribution in [0.25, 0.3) is 0 Å². The summed E-state index contributed by atoms with van der Waals surface area (Å²) in [6, 6.07) is 2.36. The maximum absolute atomic E-state index is 3.45. The molecule has 0 amide bonds. The molecule has 0 bridgehead atoms. The van der Waals surface area contributed by atoms with Gasteiger partial charge in [0.2, 0.25) is 0 Å². The summed E-state index contributed by atoms with van der Waals surface area (Å²) in [5.41, 5.74) is 0. The normalized spacial score (nSPS) is 44.8. The lowest BCUT2D eigenvalue weighted by atomic mass is 9.76. The summed E-state index contributed by atoms with van der Waals surface area (Å²) in [6.07, 6.45) is 6.97. The standard InChI is InChI=1S/C15H30N2/c1-11-6-5-7-15(13(11)3)17-9-8-14(16-4)10-12(17)2/h11-16H,5-10H2,1-4H3. The molecule has 0 aromatic carbocycles. The Morgan fingerprint density at radius 3 is 2.47 bits per heavy atom. The molecule has 0 spiro atoms. The molecule has 17 heavy (non-hydrogen) atoms. The number of hydrogen-bond donors (Lipinski definition) is 1. The predicted octanol–water partition coefficient (Wildman–Crippen LogP) is 2.88. The van der Waals surface area contributed by atoms with Crippen molar-refractivity contribution < 1.29 is 0 Å². The molecule has 1 aliphatic heterocycles.